The molecule has 26 heavy (non-hydrogen) atoms. The van der Waals surface area contributed by atoms with Crippen molar-refractivity contribution in [1.82, 2.24) is 9.47 Å². The molecule has 0 saturated heterocycles. The standard InChI is InChI=1S/C20H17ClFN3O/c21-14-7-9-15(10-8-14)23-20(26)25-13-12-24-11-3-6-18(24)19(25)16-4-1-2-5-17(16)22/h1-11,19H,12-13H2,(H,23,26)/t19-/m0/s1. The lowest BCUT2D eigenvalue weighted by molar-refractivity contribution is 0.180. The van der Waals surface area contributed by atoms with E-state index in [2.05, 4.69) is 9.88 Å². The van der Waals surface area contributed by atoms with Gasteiger partial charge in [-0.15, -0.1) is 0 Å². The molecule has 0 bridgehead atoms. The number of halogens is 2. The molecule has 2 heterocycles. The fourth-order valence-corrected chi connectivity index (χ4v) is 3.48. The van der Waals surface area contributed by atoms with E-state index in [0.717, 1.165) is 5.69 Å². The van der Waals surface area contributed by atoms with Gasteiger partial charge in [-0.05, 0) is 42.5 Å². The van der Waals surface area contributed by atoms with Crippen LogP contribution in [0.2, 0.25) is 5.02 Å². The molecule has 1 N–H and O–H groups in total. The zero-order chi connectivity index (χ0) is 18.1. The monoisotopic (exact) mass is 369 g/mol. The van der Waals surface area contributed by atoms with Crippen molar-refractivity contribution in [3.63, 3.8) is 0 Å². The Morgan fingerprint density at radius 2 is 1.81 bits per heavy atom. The van der Waals surface area contributed by atoms with Crippen molar-refractivity contribution in [2.45, 2.75) is 12.6 Å². The van der Waals surface area contributed by atoms with E-state index in [9.17, 15) is 9.18 Å². The Balaban J connectivity index is 1.69. The largest absolute Gasteiger partial charge is 0.348 e. The number of nitrogens with one attached hydrogen (secondary N) is 1. The third-order valence-corrected chi connectivity index (χ3v) is 4.85. The first kappa shape index (κ1) is 16.7. The Bertz CT molecular complexity index is 938. The molecule has 4 nitrogen and oxygen atoms in total. The number of nitrogens with zero attached hydrogens (tertiary/aromatic N) is 2. The van der Waals surface area contributed by atoms with Gasteiger partial charge in [0.2, 0.25) is 0 Å². The highest BCUT2D eigenvalue weighted by atomic mass is 35.5. The van der Waals surface area contributed by atoms with Gasteiger partial charge in [-0.2, -0.15) is 0 Å². The van der Waals surface area contributed by atoms with Crippen LogP contribution in [0.4, 0.5) is 14.9 Å². The number of carbonyl (C=O) groups is 1. The average molecular weight is 370 g/mol. The van der Waals surface area contributed by atoms with E-state index in [1.165, 1.54) is 6.07 Å². The van der Waals surface area contributed by atoms with Crippen molar-refractivity contribution >= 4 is 23.3 Å². The van der Waals surface area contributed by atoms with Gasteiger partial charge in [-0.3, -0.25) is 0 Å². The molecular weight excluding hydrogens is 353 g/mol. The van der Waals surface area contributed by atoms with Crippen LogP contribution in [0.15, 0.2) is 66.9 Å². The van der Waals surface area contributed by atoms with Crippen LogP contribution in [0.5, 0.6) is 0 Å². The fraction of sp³-hybridized carbons (Fsp3) is 0.150. The van der Waals surface area contributed by atoms with E-state index in [-0.39, 0.29) is 11.8 Å². The molecule has 0 radical (unpaired) electrons. The Hall–Kier alpha value is -2.79. The minimum absolute atomic E-state index is 0.270. The van der Waals surface area contributed by atoms with E-state index < -0.39 is 6.04 Å². The van der Waals surface area contributed by atoms with E-state index in [1.807, 2.05) is 18.3 Å². The molecule has 1 aromatic heterocycles. The molecule has 0 unspecified atom stereocenters. The van der Waals surface area contributed by atoms with Gasteiger partial charge in [-0.1, -0.05) is 29.8 Å². The van der Waals surface area contributed by atoms with Crippen molar-refractivity contribution in [3.8, 4) is 0 Å². The molecule has 132 valence electrons. The van der Waals surface area contributed by atoms with Gasteiger partial charge in [0.1, 0.15) is 11.9 Å². The zero-order valence-corrected chi connectivity index (χ0v) is 14.7. The van der Waals surface area contributed by atoms with Crippen LogP contribution in [0.25, 0.3) is 0 Å². The molecule has 0 aliphatic carbocycles. The summed E-state index contributed by atoms with van der Waals surface area (Å²) in [5, 5.41) is 3.48. The van der Waals surface area contributed by atoms with Gasteiger partial charge in [0.05, 0.1) is 0 Å². The van der Waals surface area contributed by atoms with Crippen molar-refractivity contribution in [2.75, 3.05) is 11.9 Å². The summed E-state index contributed by atoms with van der Waals surface area (Å²) < 4.78 is 16.6. The Morgan fingerprint density at radius 1 is 1.04 bits per heavy atom. The number of benzene rings is 2. The zero-order valence-electron chi connectivity index (χ0n) is 13.9. The van der Waals surface area contributed by atoms with Crippen LogP contribution < -0.4 is 5.32 Å². The Labute approximate surface area is 155 Å². The highest BCUT2D eigenvalue weighted by Gasteiger charge is 2.33. The normalized spacial score (nSPS) is 16.2. The number of urea groups is 1. The number of hydrogen-bond donors (Lipinski definition) is 1. The van der Waals surface area contributed by atoms with Gasteiger partial charge >= 0.3 is 6.03 Å². The SMILES string of the molecule is O=C(Nc1ccc(Cl)cc1)N1CCn2cccc2[C@@H]1c1ccccc1F. The molecule has 0 fully saturated rings. The molecule has 0 spiro atoms. The van der Waals surface area contributed by atoms with Crippen LogP contribution in [0.3, 0.4) is 0 Å². The Morgan fingerprint density at radius 3 is 2.58 bits per heavy atom. The minimum atomic E-state index is -0.479. The first-order chi connectivity index (χ1) is 12.6. The van der Waals surface area contributed by atoms with Crippen molar-refractivity contribution in [1.29, 1.82) is 0 Å². The maximum Gasteiger partial charge on any atom is 0.322 e. The molecule has 6 heteroatoms. The van der Waals surface area contributed by atoms with Gasteiger partial charge in [0, 0.05) is 41.3 Å². The Kier molecular flexibility index (Phi) is 4.39. The van der Waals surface area contributed by atoms with Crippen LogP contribution in [0, 0.1) is 5.82 Å². The molecule has 3 aromatic rings. The number of aromatic nitrogens is 1. The fourth-order valence-electron chi connectivity index (χ4n) is 3.35. The quantitative estimate of drug-likeness (QED) is 0.684. The van der Waals surface area contributed by atoms with Crippen LogP contribution in [0.1, 0.15) is 17.3 Å². The van der Waals surface area contributed by atoms with E-state index in [4.69, 9.17) is 11.6 Å². The second kappa shape index (κ2) is 6.84. The second-order valence-corrected chi connectivity index (χ2v) is 6.62. The number of hydrogen-bond acceptors (Lipinski definition) is 1. The molecule has 1 atom stereocenters. The third kappa shape index (κ3) is 3.06. The van der Waals surface area contributed by atoms with Crippen molar-refractivity contribution in [3.05, 3.63) is 89.0 Å². The summed E-state index contributed by atoms with van der Waals surface area (Å²) in [7, 11) is 0. The van der Waals surface area contributed by atoms with Crippen LogP contribution >= 0.6 is 11.6 Å². The van der Waals surface area contributed by atoms with Gasteiger partial charge < -0.3 is 14.8 Å². The predicted octanol–water partition coefficient (Wildman–Crippen LogP) is 4.92. The van der Waals surface area contributed by atoms with E-state index >= 15 is 0 Å². The van der Waals surface area contributed by atoms with Crippen molar-refractivity contribution in [2.24, 2.45) is 0 Å². The summed E-state index contributed by atoms with van der Waals surface area (Å²) in [5.41, 5.74) is 2.03. The number of carbonyl (C=O) groups excluding carboxylic acids is 1. The first-order valence-electron chi connectivity index (χ1n) is 8.36. The summed E-state index contributed by atoms with van der Waals surface area (Å²) in [4.78, 5) is 14.6. The number of anilines is 1. The average Bonchev–Trinajstić information content (AvgIpc) is 3.12. The number of rotatable bonds is 2. The summed E-state index contributed by atoms with van der Waals surface area (Å²) >= 11 is 5.89. The minimum Gasteiger partial charge on any atom is -0.348 e. The second-order valence-electron chi connectivity index (χ2n) is 6.18. The van der Waals surface area contributed by atoms with Crippen LogP contribution in [-0.4, -0.2) is 22.0 Å². The molecule has 2 aromatic carbocycles. The molecule has 4 rings (SSSR count). The molecule has 1 aliphatic heterocycles. The lowest BCUT2D eigenvalue weighted by atomic mass is 9.99. The van der Waals surface area contributed by atoms with Crippen LogP contribution in [-0.2, 0) is 6.54 Å². The predicted molar refractivity (Wildman–Crippen MR) is 99.9 cm³/mol. The highest BCUT2D eigenvalue weighted by molar-refractivity contribution is 6.30. The van der Waals surface area contributed by atoms with E-state index in [0.29, 0.717) is 29.4 Å². The highest BCUT2D eigenvalue weighted by Crippen LogP contribution is 2.34. The summed E-state index contributed by atoms with van der Waals surface area (Å²) in [6, 6.07) is 16.6. The number of fused-ring (bicyclic) bond motifs is 1. The smallest absolute Gasteiger partial charge is 0.322 e. The van der Waals surface area contributed by atoms with Gasteiger partial charge in [-0.25, -0.2) is 9.18 Å². The molecule has 0 saturated carbocycles. The maximum absolute atomic E-state index is 14.5. The van der Waals surface area contributed by atoms with Gasteiger partial charge in [0.25, 0.3) is 0 Å². The lowest BCUT2D eigenvalue weighted by Crippen LogP contribution is -2.44. The molecule has 2 amide bonds. The van der Waals surface area contributed by atoms with Gasteiger partial charge in [0.15, 0.2) is 0 Å². The van der Waals surface area contributed by atoms with Crippen molar-refractivity contribution < 1.29 is 9.18 Å². The topological polar surface area (TPSA) is 37.3 Å². The molecule has 1 aliphatic rings. The van der Waals surface area contributed by atoms with E-state index in [1.54, 1.807) is 47.4 Å². The maximum atomic E-state index is 14.5. The number of amides is 2. The molecular formula is C20H17ClFN3O. The lowest BCUT2D eigenvalue weighted by Gasteiger charge is -2.37. The summed E-state index contributed by atoms with van der Waals surface area (Å²) in [6.07, 6.45) is 1.96. The third-order valence-electron chi connectivity index (χ3n) is 4.59. The summed E-state index contributed by atoms with van der Waals surface area (Å²) in [5.74, 6) is -0.323. The first-order valence-corrected chi connectivity index (χ1v) is 8.74. The summed E-state index contributed by atoms with van der Waals surface area (Å²) in [6.45, 7) is 1.15.